The third kappa shape index (κ3) is 4.36. The fraction of sp³-hybridized carbons (Fsp3) is 0.238. The number of amides is 1. The highest BCUT2D eigenvalue weighted by Crippen LogP contribution is 2.20. The summed E-state index contributed by atoms with van der Waals surface area (Å²) < 4.78 is 37.3. The smallest absolute Gasteiger partial charge is 0.251 e. The summed E-state index contributed by atoms with van der Waals surface area (Å²) in [5, 5.41) is 6.64. The molecular weight excluding hydrogens is 366 g/mol. The molecule has 0 fully saturated rings. The van der Waals surface area contributed by atoms with Gasteiger partial charge in [-0.3, -0.25) is 4.79 Å². The van der Waals surface area contributed by atoms with Crippen LogP contribution in [0.3, 0.4) is 0 Å². The van der Waals surface area contributed by atoms with Crippen LogP contribution in [0.5, 0.6) is 5.75 Å². The third-order valence-electron chi connectivity index (χ3n) is 4.45. The van der Waals surface area contributed by atoms with Gasteiger partial charge in [-0.05, 0) is 56.7 Å². The standard InChI is InChI=1S/C21H20F2N2O3/c1-12(15-7-8-19(22)20(23)10-15)24-21(26)16-5-4-6-17(9-16)27-11-18-13(2)25-28-14(18)3/h4-10,12H,11H2,1-3H3,(H,24,26)/t12-/m1/s1. The van der Waals surface area contributed by atoms with Gasteiger partial charge in [0.15, 0.2) is 11.6 Å². The number of ether oxygens (including phenoxy) is 1. The normalized spacial score (nSPS) is 11.9. The van der Waals surface area contributed by atoms with E-state index >= 15 is 0 Å². The van der Waals surface area contributed by atoms with E-state index in [4.69, 9.17) is 9.26 Å². The van der Waals surface area contributed by atoms with Gasteiger partial charge in [-0.1, -0.05) is 17.3 Å². The fourth-order valence-corrected chi connectivity index (χ4v) is 2.74. The Morgan fingerprint density at radius 1 is 1.18 bits per heavy atom. The van der Waals surface area contributed by atoms with Crippen molar-refractivity contribution in [3.8, 4) is 5.75 Å². The lowest BCUT2D eigenvalue weighted by atomic mass is 10.1. The molecule has 1 N–H and O–H groups in total. The minimum atomic E-state index is -0.951. The van der Waals surface area contributed by atoms with E-state index in [0.29, 0.717) is 22.6 Å². The molecule has 2 aromatic carbocycles. The molecule has 5 nitrogen and oxygen atoms in total. The van der Waals surface area contributed by atoms with E-state index in [-0.39, 0.29) is 12.5 Å². The van der Waals surface area contributed by atoms with Crippen molar-refractivity contribution in [1.82, 2.24) is 10.5 Å². The maximum Gasteiger partial charge on any atom is 0.251 e. The van der Waals surface area contributed by atoms with Crippen LogP contribution in [-0.4, -0.2) is 11.1 Å². The lowest BCUT2D eigenvalue weighted by Gasteiger charge is -2.15. The Morgan fingerprint density at radius 2 is 1.96 bits per heavy atom. The Balaban J connectivity index is 1.67. The van der Waals surface area contributed by atoms with Gasteiger partial charge in [-0.25, -0.2) is 8.78 Å². The number of carbonyl (C=O) groups is 1. The lowest BCUT2D eigenvalue weighted by Crippen LogP contribution is -2.26. The van der Waals surface area contributed by atoms with E-state index in [0.717, 1.165) is 23.4 Å². The summed E-state index contributed by atoms with van der Waals surface area (Å²) in [5.41, 5.74) is 2.48. The van der Waals surface area contributed by atoms with Crippen LogP contribution in [0, 0.1) is 25.5 Å². The maximum atomic E-state index is 13.4. The number of halogens is 2. The number of carbonyl (C=O) groups excluding carboxylic acids is 1. The maximum absolute atomic E-state index is 13.4. The second kappa shape index (κ2) is 8.21. The van der Waals surface area contributed by atoms with Crippen LogP contribution in [0.4, 0.5) is 8.78 Å². The second-order valence-corrected chi connectivity index (χ2v) is 6.49. The van der Waals surface area contributed by atoms with Gasteiger partial charge in [0.05, 0.1) is 17.3 Å². The first-order valence-corrected chi connectivity index (χ1v) is 8.75. The third-order valence-corrected chi connectivity index (χ3v) is 4.45. The van der Waals surface area contributed by atoms with E-state index in [1.165, 1.54) is 6.07 Å². The summed E-state index contributed by atoms with van der Waals surface area (Å²) >= 11 is 0. The van der Waals surface area contributed by atoms with E-state index in [2.05, 4.69) is 10.5 Å². The molecule has 1 amide bonds. The van der Waals surface area contributed by atoms with Crippen LogP contribution in [0.25, 0.3) is 0 Å². The van der Waals surface area contributed by atoms with Crippen LogP contribution in [0.2, 0.25) is 0 Å². The number of benzene rings is 2. The zero-order valence-corrected chi connectivity index (χ0v) is 15.8. The molecule has 0 saturated heterocycles. The van der Waals surface area contributed by atoms with Crippen LogP contribution in [0.1, 0.15) is 45.9 Å². The van der Waals surface area contributed by atoms with Crippen molar-refractivity contribution in [1.29, 1.82) is 0 Å². The van der Waals surface area contributed by atoms with Crippen molar-refractivity contribution < 1.29 is 22.8 Å². The first-order valence-electron chi connectivity index (χ1n) is 8.75. The molecule has 3 aromatic rings. The van der Waals surface area contributed by atoms with Gasteiger partial charge in [-0.2, -0.15) is 0 Å². The van der Waals surface area contributed by atoms with Crippen LogP contribution in [0.15, 0.2) is 47.0 Å². The summed E-state index contributed by atoms with van der Waals surface area (Å²) in [7, 11) is 0. The van der Waals surface area contributed by atoms with Crippen LogP contribution in [-0.2, 0) is 6.61 Å². The number of rotatable bonds is 6. The van der Waals surface area contributed by atoms with Gasteiger partial charge in [0.1, 0.15) is 18.1 Å². The van der Waals surface area contributed by atoms with E-state index < -0.39 is 17.7 Å². The predicted molar refractivity (Wildman–Crippen MR) is 99.0 cm³/mol. The van der Waals surface area contributed by atoms with Crippen molar-refractivity contribution in [2.75, 3.05) is 0 Å². The average molecular weight is 386 g/mol. The lowest BCUT2D eigenvalue weighted by molar-refractivity contribution is 0.0939. The summed E-state index contributed by atoms with van der Waals surface area (Å²) in [6.45, 7) is 5.61. The minimum absolute atomic E-state index is 0.275. The molecular formula is C21H20F2N2O3. The first-order chi connectivity index (χ1) is 13.3. The van der Waals surface area contributed by atoms with Crippen molar-refractivity contribution in [3.05, 3.63) is 82.2 Å². The van der Waals surface area contributed by atoms with Gasteiger partial charge in [0.2, 0.25) is 0 Å². The molecule has 0 spiro atoms. The molecule has 1 heterocycles. The number of hydrogen-bond acceptors (Lipinski definition) is 4. The Labute approximate surface area is 161 Å². The molecule has 0 aliphatic heterocycles. The highest BCUT2D eigenvalue weighted by molar-refractivity contribution is 5.94. The fourth-order valence-electron chi connectivity index (χ4n) is 2.74. The number of hydrogen-bond donors (Lipinski definition) is 1. The quantitative estimate of drug-likeness (QED) is 0.670. The van der Waals surface area contributed by atoms with Gasteiger partial charge in [0.25, 0.3) is 5.91 Å². The molecule has 1 aromatic heterocycles. The molecule has 0 radical (unpaired) electrons. The monoisotopic (exact) mass is 386 g/mol. The topological polar surface area (TPSA) is 64.4 Å². The van der Waals surface area contributed by atoms with Crippen LogP contribution >= 0.6 is 0 Å². The van der Waals surface area contributed by atoms with Gasteiger partial charge >= 0.3 is 0 Å². The summed E-state index contributed by atoms with van der Waals surface area (Å²) in [6, 6.07) is 9.77. The van der Waals surface area contributed by atoms with Crippen LogP contribution < -0.4 is 10.1 Å². The summed E-state index contributed by atoms with van der Waals surface area (Å²) in [6.07, 6.45) is 0. The highest BCUT2D eigenvalue weighted by Gasteiger charge is 2.15. The van der Waals surface area contributed by atoms with E-state index in [1.54, 1.807) is 31.2 Å². The molecule has 0 unspecified atom stereocenters. The Hall–Kier alpha value is -3.22. The number of nitrogens with zero attached hydrogens (tertiary/aromatic N) is 1. The van der Waals surface area contributed by atoms with Gasteiger partial charge in [0, 0.05) is 5.56 Å². The molecule has 1 atom stereocenters. The predicted octanol–water partition coefficient (Wildman–Crippen LogP) is 4.64. The first kappa shape index (κ1) is 19.5. The van der Waals surface area contributed by atoms with Crippen molar-refractivity contribution in [2.45, 2.75) is 33.4 Å². The molecule has 146 valence electrons. The molecule has 0 aliphatic carbocycles. The Kier molecular flexibility index (Phi) is 5.73. The minimum Gasteiger partial charge on any atom is -0.489 e. The molecule has 3 rings (SSSR count). The largest absolute Gasteiger partial charge is 0.489 e. The van der Waals surface area contributed by atoms with E-state index in [1.807, 2.05) is 13.8 Å². The molecule has 0 saturated carbocycles. The molecule has 28 heavy (non-hydrogen) atoms. The van der Waals surface area contributed by atoms with Crippen molar-refractivity contribution >= 4 is 5.91 Å². The molecule has 7 heteroatoms. The number of aryl methyl sites for hydroxylation is 2. The van der Waals surface area contributed by atoms with Gasteiger partial charge in [-0.15, -0.1) is 0 Å². The number of aromatic nitrogens is 1. The molecule has 0 aliphatic rings. The van der Waals surface area contributed by atoms with E-state index in [9.17, 15) is 13.6 Å². The SMILES string of the molecule is Cc1noc(C)c1COc1cccc(C(=O)N[C@H](C)c2ccc(F)c(F)c2)c1. The van der Waals surface area contributed by atoms with Crippen molar-refractivity contribution in [2.24, 2.45) is 0 Å². The Bertz CT molecular complexity index is 982. The summed E-state index contributed by atoms with van der Waals surface area (Å²) in [5.74, 6) is -1.02. The van der Waals surface area contributed by atoms with Gasteiger partial charge < -0.3 is 14.6 Å². The highest BCUT2D eigenvalue weighted by atomic mass is 19.2. The average Bonchev–Trinajstić information content (AvgIpc) is 3.00. The Morgan fingerprint density at radius 3 is 2.64 bits per heavy atom. The zero-order valence-electron chi connectivity index (χ0n) is 15.8. The number of nitrogens with one attached hydrogen (secondary N) is 1. The second-order valence-electron chi connectivity index (χ2n) is 6.49. The zero-order chi connectivity index (χ0) is 20.3. The van der Waals surface area contributed by atoms with Crippen molar-refractivity contribution in [3.63, 3.8) is 0 Å². The molecule has 0 bridgehead atoms. The summed E-state index contributed by atoms with van der Waals surface area (Å²) in [4.78, 5) is 12.5.